The number of nitrogens with zero attached hydrogens (tertiary/aromatic N) is 1. The second-order valence-electron chi connectivity index (χ2n) is 5.90. The van der Waals surface area contributed by atoms with Crippen LogP contribution >= 0.6 is 0 Å². The fourth-order valence-electron chi connectivity index (χ4n) is 2.04. The zero-order valence-corrected chi connectivity index (χ0v) is 15.8. The molecule has 0 radical (unpaired) electrons. The van der Waals surface area contributed by atoms with Gasteiger partial charge in [-0.3, -0.25) is 4.79 Å². The van der Waals surface area contributed by atoms with Crippen molar-refractivity contribution in [3.05, 3.63) is 12.2 Å². The molecule has 0 spiro atoms. The maximum Gasteiger partial charge on any atom is 0.466 e. The van der Waals surface area contributed by atoms with Crippen LogP contribution in [0.2, 0.25) is 0 Å². The first kappa shape index (κ1) is 27.0. The number of nitrogens with one attached hydrogen (secondary N) is 1. The first-order chi connectivity index (χ1) is 13.8. The highest BCUT2D eigenvalue weighted by Gasteiger charge is 2.69. The SMILES string of the molecule is C=C(C(=O)OC(OCC(F)(F)S(=O)(=O)[O-])(C(=O)N1CCNCC1)C(F)(F)F)C(F)(F)F. The molecule has 1 unspecified atom stereocenters. The minimum atomic E-state index is -6.64. The number of alkyl halides is 8. The summed E-state index contributed by atoms with van der Waals surface area (Å²) in [4.78, 5) is 24.3. The van der Waals surface area contributed by atoms with Crippen molar-refractivity contribution < 1.29 is 67.2 Å². The van der Waals surface area contributed by atoms with E-state index in [0.717, 1.165) is 0 Å². The number of halogens is 8. The molecular weight excluding hydrogens is 480 g/mol. The van der Waals surface area contributed by atoms with Crippen LogP contribution in [0.15, 0.2) is 12.2 Å². The average molecular weight is 493 g/mol. The van der Waals surface area contributed by atoms with E-state index in [1.54, 1.807) is 0 Å². The molecular formula is C13H13F8N2O7S-. The first-order valence-corrected chi connectivity index (χ1v) is 9.20. The van der Waals surface area contributed by atoms with Gasteiger partial charge in [0.1, 0.15) is 12.2 Å². The number of hydrogen-bond donors (Lipinski definition) is 1. The Labute approximate surface area is 168 Å². The van der Waals surface area contributed by atoms with Gasteiger partial charge in [0, 0.05) is 26.2 Å². The lowest BCUT2D eigenvalue weighted by Crippen LogP contribution is -2.65. The topological polar surface area (TPSA) is 125 Å². The Balaban J connectivity index is 3.49. The molecule has 1 aliphatic rings. The van der Waals surface area contributed by atoms with Gasteiger partial charge < -0.3 is 24.2 Å². The third kappa shape index (κ3) is 6.01. The number of rotatable bonds is 7. The number of esters is 1. The van der Waals surface area contributed by atoms with Crippen LogP contribution < -0.4 is 5.32 Å². The molecule has 0 aliphatic carbocycles. The van der Waals surface area contributed by atoms with Gasteiger partial charge in [0.25, 0.3) is 0 Å². The van der Waals surface area contributed by atoms with Crippen LogP contribution in [0.25, 0.3) is 0 Å². The van der Waals surface area contributed by atoms with Crippen LogP contribution in [0.3, 0.4) is 0 Å². The smallest absolute Gasteiger partial charge is 0.466 e. The number of ether oxygens (including phenoxy) is 2. The van der Waals surface area contributed by atoms with Gasteiger partial charge in [-0.25, -0.2) is 13.2 Å². The van der Waals surface area contributed by atoms with Gasteiger partial charge in [0.15, 0.2) is 10.1 Å². The van der Waals surface area contributed by atoms with Crippen molar-refractivity contribution in [2.24, 2.45) is 0 Å². The van der Waals surface area contributed by atoms with Gasteiger partial charge in [0.05, 0.1) is 0 Å². The van der Waals surface area contributed by atoms with Crippen molar-refractivity contribution in [1.82, 2.24) is 10.2 Å². The Kier molecular flexibility index (Phi) is 7.69. The highest BCUT2D eigenvalue weighted by molar-refractivity contribution is 7.86. The standard InChI is InChI=1S/C13H14F8N2O7S/c1-7(12(16,17)18)8(24)30-11(13(19,20)21,9(25)23-4-2-22-3-5-23)29-6-10(14,15)31(26,27)28/h22H,1-6H2,(H,26,27,28)/p-1. The summed E-state index contributed by atoms with van der Waals surface area (Å²) < 4.78 is 144. The molecule has 9 nitrogen and oxygen atoms in total. The molecule has 0 saturated carbocycles. The van der Waals surface area contributed by atoms with Gasteiger partial charge in [-0.05, 0) is 0 Å². The van der Waals surface area contributed by atoms with Crippen molar-refractivity contribution in [2.75, 3.05) is 32.8 Å². The van der Waals surface area contributed by atoms with Crippen LogP contribution in [0.4, 0.5) is 35.1 Å². The molecule has 0 aromatic rings. The molecule has 1 atom stereocenters. The quantitative estimate of drug-likeness (QED) is 0.179. The van der Waals surface area contributed by atoms with E-state index in [1.165, 1.54) is 0 Å². The summed E-state index contributed by atoms with van der Waals surface area (Å²) in [6, 6.07) is 0. The van der Waals surface area contributed by atoms with E-state index >= 15 is 0 Å². The lowest BCUT2D eigenvalue weighted by atomic mass is 10.2. The summed E-state index contributed by atoms with van der Waals surface area (Å²) in [6.07, 6.45) is -11.9. The molecule has 1 aliphatic heterocycles. The fraction of sp³-hybridized carbons (Fsp3) is 0.692. The van der Waals surface area contributed by atoms with Gasteiger partial charge in [-0.15, -0.1) is 0 Å². The maximum absolute atomic E-state index is 13.7. The molecule has 1 heterocycles. The predicted octanol–water partition coefficient (Wildman–Crippen LogP) is 0.493. The summed E-state index contributed by atoms with van der Waals surface area (Å²) in [5, 5.41) is -2.98. The van der Waals surface area contributed by atoms with E-state index in [9.17, 15) is 57.7 Å². The van der Waals surface area contributed by atoms with Crippen molar-refractivity contribution in [3.63, 3.8) is 0 Å². The number of amides is 1. The van der Waals surface area contributed by atoms with E-state index in [4.69, 9.17) is 0 Å². The Morgan fingerprint density at radius 2 is 1.52 bits per heavy atom. The Bertz CT molecular complexity index is 821. The minimum absolute atomic E-state index is 0.145. The second-order valence-corrected chi connectivity index (χ2v) is 7.41. The van der Waals surface area contributed by atoms with E-state index in [0.29, 0.717) is 0 Å². The molecule has 180 valence electrons. The summed E-state index contributed by atoms with van der Waals surface area (Å²) in [5.74, 6) is -10.5. The third-order valence-corrected chi connectivity index (χ3v) is 4.54. The van der Waals surface area contributed by atoms with Crippen molar-refractivity contribution in [2.45, 2.75) is 23.4 Å². The van der Waals surface area contributed by atoms with Crippen molar-refractivity contribution in [1.29, 1.82) is 0 Å². The Morgan fingerprint density at radius 1 is 1.03 bits per heavy atom. The van der Waals surface area contributed by atoms with Crippen molar-refractivity contribution >= 4 is 22.0 Å². The average Bonchev–Trinajstić information content (AvgIpc) is 2.61. The summed E-state index contributed by atoms with van der Waals surface area (Å²) in [5.41, 5.74) is -2.55. The Morgan fingerprint density at radius 3 is 1.90 bits per heavy atom. The number of carbonyl (C=O) groups is 2. The highest BCUT2D eigenvalue weighted by Crippen LogP contribution is 2.40. The van der Waals surface area contributed by atoms with E-state index < -0.39 is 70.7 Å². The molecule has 31 heavy (non-hydrogen) atoms. The second kappa shape index (κ2) is 8.83. The molecule has 0 aromatic carbocycles. The highest BCUT2D eigenvalue weighted by atomic mass is 32.2. The number of piperazine rings is 1. The lowest BCUT2D eigenvalue weighted by molar-refractivity contribution is -0.356. The molecule has 1 rings (SSSR count). The minimum Gasteiger partial charge on any atom is -0.743 e. The van der Waals surface area contributed by atoms with E-state index in [-0.39, 0.29) is 18.0 Å². The van der Waals surface area contributed by atoms with Crippen LogP contribution in [0.1, 0.15) is 0 Å². The van der Waals surface area contributed by atoms with Gasteiger partial charge in [-0.2, -0.15) is 35.1 Å². The van der Waals surface area contributed by atoms with Crippen molar-refractivity contribution in [3.8, 4) is 0 Å². The molecule has 0 bridgehead atoms. The molecule has 1 amide bonds. The normalized spacial score (nSPS) is 18.3. The molecule has 1 saturated heterocycles. The van der Waals surface area contributed by atoms with Crippen LogP contribution in [-0.2, 0) is 29.2 Å². The van der Waals surface area contributed by atoms with Gasteiger partial charge >= 0.3 is 35.3 Å². The summed E-state index contributed by atoms with van der Waals surface area (Å²) >= 11 is 0. The zero-order valence-electron chi connectivity index (χ0n) is 15.0. The molecule has 18 heteroatoms. The molecule has 1 fully saturated rings. The molecule has 1 N–H and O–H groups in total. The Hall–Kier alpha value is -2.05. The van der Waals surface area contributed by atoms with Gasteiger partial charge in [0.2, 0.25) is 0 Å². The summed E-state index contributed by atoms with van der Waals surface area (Å²) in [7, 11) is -6.64. The number of hydrogen-bond acceptors (Lipinski definition) is 8. The monoisotopic (exact) mass is 493 g/mol. The van der Waals surface area contributed by atoms with E-state index in [1.807, 2.05) is 0 Å². The van der Waals surface area contributed by atoms with Gasteiger partial charge in [-0.1, -0.05) is 6.58 Å². The fourth-order valence-corrected chi connectivity index (χ4v) is 2.24. The number of carbonyl (C=O) groups excluding carboxylic acids is 2. The zero-order chi connectivity index (χ0) is 24.5. The van der Waals surface area contributed by atoms with Crippen LogP contribution in [-0.4, -0.2) is 85.9 Å². The van der Waals surface area contributed by atoms with Crippen LogP contribution in [0, 0.1) is 0 Å². The maximum atomic E-state index is 13.7. The first-order valence-electron chi connectivity index (χ1n) is 7.80. The molecule has 0 aromatic heterocycles. The van der Waals surface area contributed by atoms with Crippen LogP contribution in [0.5, 0.6) is 0 Å². The largest absolute Gasteiger partial charge is 0.743 e. The summed E-state index contributed by atoms with van der Waals surface area (Å²) in [6.45, 7) is -2.19. The lowest BCUT2D eigenvalue weighted by Gasteiger charge is -2.39. The predicted molar refractivity (Wildman–Crippen MR) is 80.1 cm³/mol. The van der Waals surface area contributed by atoms with E-state index in [2.05, 4.69) is 21.4 Å². The third-order valence-electron chi connectivity index (χ3n) is 3.69.